The Balaban J connectivity index is 1.88. The number of aliphatic hydroxyl groups excluding tert-OH is 1. The van der Waals surface area contributed by atoms with Crippen molar-refractivity contribution in [1.82, 2.24) is 20.9 Å². The smallest absolute Gasteiger partial charge is 0.408 e. The van der Waals surface area contributed by atoms with Crippen molar-refractivity contribution in [2.45, 2.75) is 50.4 Å². The Kier molecular flexibility index (Phi) is 10.8. The molecule has 0 bridgehead atoms. The van der Waals surface area contributed by atoms with Gasteiger partial charge in [0, 0.05) is 13.1 Å². The molecule has 1 heterocycles. The number of hydrogen-bond donors (Lipinski definition) is 6. The molecule has 12 nitrogen and oxygen atoms in total. The van der Waals surface area contributed by atoms with Crippen molar-refractivity contribution >= 4 is 30.2 Å². The SMILES string of the molecule is N=C(N)NCCC[C@@H]([C]=O)NC(=O)[C@@H]1CCCN1C(=O)[C@@H](CO)NC(=O)OCc1ccccc1. The minimum absolute atomic E-state index is 0.000717. The summed E-state index contributed by atoms with van der Waals surface area (Å²) in [4.78, 5) is 50.3. The first-order valence-electron chi connectivity index (χ1n) is 11.0. The first kappa shape index (κ1) is 26.6. The zero-order chi connectivity index (χ0) is 24.9. The average molecular weight is 476 g/mol. The molecule has 0 aromatic heterocycles. The van der Waals surface area contributed by atoms with Gasteiger partial charge in [-0.1, -0.05) is 30.3 Å². The van der Waals surface area contributed by atoms with Crippen LogP contribution in [0.15, 0.2) is 30.3 Å². The number of hydrogen-bond acceptors (Lipinski definition) is 7. The molecule has 1 fully saturated rings. The van der Waals surface area contributed by atoms with Crippen LogP contribution in [0.4, 0.5) is 4.79 Å². The largest absolute Gasteiger partial charge is 0.445 e. The summed E-state index contributed by atoms with van der Waals surface area (Å²) in [5.74, 6) is -1.32. The molecule has 12 heteroatoms. The molecule has 0 aliphatic carbocycles. The molecule has 1 radical (unpaired) electrons. The van der Waals surface area contributed by atoms with E-state index >= 15 is 0 Å². The molecule has 1 aliphatic rings. The van der Waals surface area contributed by atoms with E-state index in [2.05, 4.69) is 16.0 Å². The normalized spacial score (nSPS) is 16.7. The van der Waals surface area contributed by atoms with Crippen LogP contribution in [-0.2, 0) is 25.7 Å². The second kappa shape index (κ2) is 13.8. The molecule has 3 amide bonds. The fraction of sp³-hybridized carbons (Fsp3) is 0.500. The first-order valence-corrected chi connectivity index (χ1v) is 11.0. The molecule has 1 aromatic carbocycles. The number of rotatable bonds is 12. The molecule has 185 valence electrons. The van der Waals surface area contributed by atoms with Gasteiger partial charge in [-0.15, -0.1) is 0 Å². The van der Waals surface area contributed by atoms with E-state index in [0.29, 0.717) is 25.8 Å². The quantitative estimate of drug-likeness (QED) is 0.128. The Morgan fingerprint density at radius 2 is 2.00 bits per heavy atom. The van der Waals surface area contributed by atoms with E-state index in [0.717, 1.165) is 5.56 Å². The number of nitrogens with one attached hydrogen (secondary N) is 4. The topological polar surface area (TPSA) is 187 Å². The summed E-state index contributed by atoms with van der Waals surface area (Å²) in [7, 11) is 0. The number of alkyl carbamates (subject to hydrolysis) is 1. The van der Waals surface area contributed by atoms with Gasteiger partial charge in [0.25, 0.3) is 0 Å². The van der Waals surface area contributed by atoms with E-state index in [-0.39, 0.29) is 25.5 Å². The molecule has 34 heavy (non-hydrogen) atoms. The molecule has 1 aliphatic heterocycles. The predicted octanol–water partition coefficient (Wildman–Crippen LogP) is -0.878. The number of carbonyl (C=O) groups is 3. The van der Waals surface area contributed by atoms with Gasteiger partial charge in [0.2, 0.25) is 18.1 Å². The summed E-state index contributed by atoms with van der Waals surface area (Å²) in [6, 6.07) is 5.99. The zero-order valence-electron chi connectivity index (χ0n) is 18.8. The fourth-order valence-corrected chi connectivity index (χ4v) is 3.55. The summed E-state index contributed by atoms with van der Waals surface area (Å²) in [6.07, 6.45) is 2.58. The maximum Gasteiger partial charge on any atom is 0.408 e. The molecular formula is C22H31N6O6. The summed E-state index contributed by atoms with van der Waals surface area (Å²) in [5, 5.41) is 24.3. The third-order valence-corrected chi connectivity index (χ3v) is 5.27. The second-order valence-electron chi connectivity index (χ2n) is 7.79. The number of amides is 3. The number of carbonyl (C=O) groups excluding carboxylic acids is 4. The van der Waals surface area contributed by atoms with Crippen molar-refractivity contribution in [2.75, 3.05) is 19.7 Å². The first-order chi connectivity index (χ1) is 16.3. The average Bonchev–Trinajstić information content (AvgIpc) is 3.33. The number of ether oxygens (including phenoxy) is 1. The number of benzene rings is 1. The van der Waals surface area contributed by atoms with E-state index in [9.17, 15) is 24.3 Å². The second-order valence-corrected chi connectivity index (χ2v) is 7.79. The highest BCUT2D eigenvalue weighted by atomic mass is 16.5. The van der Waals surface area contributed by atoms with Crippen LogP contribution in [-0.4, -0.2) is 78.0 Å². The summed E-state index contributed by atoms with van der Waals surface area (Å²) in [6.45, 7) is -0.0366. The lowest BCUT2D eigenvalue weighted by Gasteiger charge is -2.28. The number of guanidine groups is 1. The van der Waals surface area contributed by atoms with Crippen LogP contribution in [0, 0.1) is 5.41 Å². The molecule has 1 saturated heterocycles. The van der Waals surface area contributed by atoms with Gasteiger partial charge in [-0.05, 0) is 31.2 Å². The van der Waals surface area contributed by atoms with Gasteiger partial charge in [0.1, 0.15) is 18.7 Å². The Hall–Kier alpha value is -3.67. The van der Waals surface area contributed by atoms with Crippen LogP contribution in [0.5, 0.6) is 0 Å². The highest BCUT2D eigenvalue weighted by Crippen LogP contribution is 2.19. The van der Waals surface area contributed by atoms with Gasteiger partial charge < -0.3 is 36.4 Å². The van der Waals surface area contributed by atoms with E-state index in [1.165, 1.54) is 4.90 Å². The van der Waals surface area contributed by atoms with Crippen molar-refractivity contribution in [1.29, 1.82) is 5.41 Å². The van der Waals surface area contributed by atoms with Gasteiger partial charge in [0.15, 0.2) is 5.96 Å². The standard InChI is InChI=1S/C22H31N6O6/c23-21(24)25-10-4-8-16(12-29)26-19(31)18-9-5-11-28(18)20(32)17(13-30)27-22(33)34-14-15-6-2-1-3-7-15/h1-3,6-7,16-18,30H,4-5,8-11,13-14H2,(H,26,31)(H,27,33)(H4,23,24,25)/t16-,17+,18-/m0/s1. The highest BCUT2D eigenvalue weighted by Gasteiger charge is 2.38. The Labute approximate surface area is 197 Å². The van der Waals surface area contributed by atoms with Crippen molar-refractivity contribution in [3.05, 3.63) is 35.9 Å². The van der Waals surface area contributed by atoms with Gasteiger partial charge in [-0.2, -0.15) is 0 Å². The van der Waals surface area contributed by atoms with Crippen LogP contribution in [0.25, 0.3) is 0 Å². The van der Waals surface area contributed by atoms with Gasteiger partial charge >= 0.3 is 6.09 Å². The number of nitrogens with two attached hydrogens (primary N) is 1. The van der Waals surface area contributed by atoms with Crippen LogP contribution in [0.2, 0.25) is 0 Å². The Morgan fingerprint density at radius 1 is 1.26 bits per heavy atom. The van der Waals surface area contributed by atoms with Gasteiger partial charge in [-0.25, -0.2) is 4.79 Å². The predicted molar refractivity (Wildman–Crippen MR) is 122 cm³/mol. The number of nitrogens with zero attached hydrogens (tertiary/aromatic N) is 1. The van der Waals surface area contributed by atoms with Crippen molar-refractivity contribution in [2.24, 2.45) is 5.73 Å². The monoisotopic (exact) mass is 475 g/mol. The Bertz CT molecular complexity index is 852. The highest BCUT2D eigenvalue weighted by molar-refractivity contribution is 5.92. The van der Waals surface area contributed by atoms with Crippen LogP contribution in [0.1, 0.15) is 31.2 Å². The molecule has 7 N–H and O–H groups in total. The molecule has 1 aromatic rings. The maximum atomic E-state index is 12.9. The van der Waals surface area contributed by atoms with Crippen LogP contribution >= 0.6 is 0 Å². The lowest BCUT2D eigenvalue weighted by Crippen LogP contribution is -2.55. The van der Waals surface area contributed by atoms with Crippen molar-refractivity contribution in [3.8, 4) is 0 Å². The molecule has 0 spiro atoms. The summed E-state index contributed by atoms with van der Waals surface area (Å²) >= 11 is 0. The fourth-order valence-electron chi connectivity index (χ4n) is 3.55. The van der Waals surface area contributed by atoms with E-state index in [4.69, 9.17) is 15.9 Å². The molecular weight excluding hydrogens is 444 g/mol. The van der Waals surface area contributed by atoms with E-state index < -0.39 is 42.6 Å². The van der Waals surface area contributed by atoms with Crippen LogP contribution in [0.3, 0.4) is 0 Å². The van der Waals surface area contributed by atoms with Crippen molar-refractivity contribution in [3.63, 3.8) is 0 Å². The molecule has 0 unspecified atom stereocenters. The summed E-state index contributed by atoms with van der Waals surface area (Å²) < 4.78 is 5.10. The zero-order valence-corrected chi connectivity index (χ0v) is 18.8. The lowest BCUT2D eigenvalue weighted by atomic mass is 10.1. The van der Waals surface area contributed by atoms with Crippen LogP contribution < -0.4 is 21.7 Å². The third-order valence-electron chi connectivity index (χ3n) is 5.27. The minimum Gasteiger partial charge on any atom is -0.445 e. The minimum atomic E-state index is -1.28. The number of aliphatic hydroxyl groups is 1. The number of likely N-dealkylation sites (tertiary alicyclic amines) is 1. The Morgan fingerprint density at radius 3 is 2.65 bits per heavy atom. The van der Waals surface area contributed by atoms with Crippen molar-refractivity contribution < 1.29 is 29.0 Å². The van der Waals surface area contributed by atoms with E-state index in [1.54, 1.807) is 30.6 Å². The molecule has 3 atom stereocenters. The maximum absolute atomic E-state index is 12.9. The van der Waals surface area contributed by atoms with Gasteiger partial charge in [-0.3, -0.25) is 19.8 Å². The lowest BCUT2D eigenvalue weighted by molar-refractivity contribution is -0.140. The summed E-state index contributed by atoms with van der Waals surface area (Å²) in [5.41, 5.74) is 5.96. The molecule has 2 rings (SSSR count). The van der Waals surface area contributed by atoms with E-state index in [1.807, 2.05) is 6.07 Å². The molecule has 0 saturated carbocycles. The third kappa shape index (κ3) is 8.35. The van der Waals surface area contributed by atoms with Gasteiger partial charge in [0.05, 0.1) is 12.6 Å².